The van der Waals surface area contributed by atoms with Gasteiger partial charge < -0.3 is 10.4 Å². The molecular formula is C10H12NO2. The van der Waals surface area contributed by atoms with Crippen molar-refractivity contribution in [2.45, 2.75) is 5.92 Å². The number of benzene rings is 1. The minimum atomic E-state index is -0.515. The fourth-order valence-electron chi connectivity index (χ4n) is 1.15. The molecule has 0 saturated heterocycles. The van der Waals surface area contributed by atoms with Crippen LogP contribution >= 0.6 is 0 Å². The lowest BCUT2D eigenvalue weighted by molar-refractivity contribution is -0.122. The Balaban J connectivity index is 2.85. The smallest absolute Gasteiger partial charge is 0.229 e. The third-order valence-corrected chi connectivity index (χ3v) is 1.88. The Labute approximate surface area is 77.4 Å². The van der Waals surface area contributed by atoms with Crippen molar-refractivity contribution < 1.29 is 9.90 Å². The van der Waals surface area contributed by atoms with Gasteiger partial charge in [-0.2, -0.15) is 0 Å². The molecule has 1 unspecified atom stereocenters. The molecule has 0 saturated carbocycles. The van der Waals surface area contributed by atoms with Gasteiger partial charge in [0.05, 0.1) is 12.5 Å². The van der Waals surface area contributed by atoms with Crippen LogP contribution in [-0.2, 0) is 4.79 Å². The van der Waals surface area contributed by atoms with Gasteiger partial charge in [0.2, 0.25) is 5.91 Å². The molecule has 3 heteroatoms. The number of hydrogen-bond donors (Lipinski definition) is 2. The summed E-state index contributed by atoms with van der Waals surface area (Å²) in [7, 11) is 3.27. The van der Waals surface area contributed by atoms with Crippen molar-refractivity contribution in [3.8, 4) is 0 Å². The molecule has 0 bridgehead atoms. The van der Waals surface area contributed by atoms with Crippen molar-refractivity contribution in [1.29, 1.82) is 0 Å². The summed E-state index contributed by atoms with van der Waals surface area (Å²) < 4.78 is 0. The normalized spacial score (nSPS) is 12.2. The number of rotatable bonds is 3. The first-order valence-corrected chi connectivity index (χ1v) is 4.02. The van der Waals surface area contributed by atoms with Gasteiger partial charge in [-0.15, -0.1) is 0 Å². The highest BCUT2D eigenvalue weighted by Gasteiger charge is 2.17. The molecule has 0 aliphatic carbocycles. The Morgan fingerprint density at radius 2 is 2.08 bits per heavy atom. The highest BCUT2D eigenvalue weighted by molar-refractivity contribution is 5.83. The average Bonchev–Trinajstić information content (AvgIpc) is 2.20. The van der Waals surface area contributed by atoms with Gasteiger partial charge in [0.1, 0.15) is 0 Å². The summed E-state index contributed by atoms with van der Waals surface area (Å²) in [6.07, 6.45) is 0. The molecule has 1 aromatic rings. The first-order chi connectivity index (χ1) is 6.29. The molecule has 0 aliphatic rings. The predicted octanol–water partition coefficient (Wildman–Crippen LogP) is 0.670. The molecule has 69 valence electrons. The number of hydrogen-bond acceptors (Lipinski definition) is 2. The molecule has 0 fully saturated rings. The van der Waals surface area contributed by atoms with Crippen LogP contribution in [0, 0.1) is 7.05 Å². The molecule has 13 heavy (non-hydrogen) atoms. The Hall–Kier alpha value is -1.35. The van der Waals surface area contributed by atoms with Crippen LogP contribution in [0.2, 0.25) is 0 Å². The third kappa shape index (κ3) is 2.29. The number of aliphatic hydroxyl groups excluding tert-OH is 1. The zero-order valence-electron chi connectivity index (χ0n) is 7.23. The maximum absolute atomic E-state index is 11.2. The summed E-state index contributed by atoms with van der Waals surface area (Å²) in [5, 5.41) is 11.3. The minimum Gasteiger partial charge on any atom is -0.395 e. The summed E-state index contributed by atoms with van der Waals surface area (Å²) in [4.78, 5) is 11.2. The lowest BCUT2D eigenvalue weighted by atomic mass is 9.99. The quantitative estimate of drug-likeness (QED) is 0.714. The van der Waals surface area contributed by atoms with Crippen LogP contribution in [0.5, 0.6) is 0 Å². The van der Waals surface area contributed by atoms with Crippen LogP contribution in [0.3, 0.4) is 0 Å². The molecule has 1 aromatic carbocycles. The topological polar surface area (TPSA) is 49.3 Å². The van der Waals surface area contributed by atoms with Crippen molar-refractivity contribution in [2.24, 2.45) is 0 Å². The van der Waals surface area contributed by atoms with Crippen LogP contribution in [0.25, 0.3) is 0 Å². The van der Waals surface area contributed by atoms with E-state index in [0.29, 0.717) is 0 Å². The van der Waals surface area contributed by atoms with E-state index < -0.39 is 5.92 Å². The molecule has 0 spiro atoms. The van der Waals surface area contributed by atoms with Crippen LogP contribution < -0.4 is 5.32 Å². The second-order valence-corrected chi connectivity index (χ2v) is 2.69. The second kappa shape index (κ2) is 4.62. The lowest BCUT2D eigenvalue weighted by Crippen LogP contribution is -2.26. The number of amides is 1. The van der Waals surface area contributed by atoms with Crippen LogP contribution in [-0.4, -0.2) is 17.6 Å². The summed E-state index contributed by atoms with van der Waals surface area (Å²) >= 11 is 0. The zero-order valence-corrected chi connectivity index (χ0v) is 7.23. The highest BCUT2D eigenvalue weighted by atomic mass is 16.3. The van der Waals surface area contributed by atoms with E-state index in [2.05, 4.69) is 12.4 Å². The van der Waals surface area contributed by atoms with Gasteiger partial charge in [0.15, 0.2) is 0 Å². The molecule has 1 rings (SSSR count). The van der Waals surface area contributed by atoms with Crippen molar-refractivity contribution in [1.82, 2.24) is 5.32 Å². The van der Waals surface area contributed by atoms with E-state index in [4.69, 9.17) is 5.11 Å². The van der Waals surface area contributed by atoms with Crippen LogP contribution in [0.1, 0.15) is 11.5 Å². The van der Waals surface area contributed by atoms with E-state index in [1.165, 1.54) is 0 Å². The number of carbonyl (C=O) groups excluding carboxylic acids is 1. The number of aliphatic hydroxyl groups is 1. The number of carbonyl (C=O) groups is 1. The van der Waals surface area contributed by atoms with E-state index in [1.54, 1.807) is 12.1 Å². The fraction of sp³-hybridized carbons (Fsp3) is 0.200. The summed E-state index contributed by atoms with van der Waals surface area (Å²) in [5.41, 5.74) is 0.797. The van der Waals surface area contributed by atoms with Gasteiger partial charge >= 0.3 is 0 Å². The molecule has 0 heterocycles. The summed E-state index contributed by atoms with van der Waals surface area (Å²) in [5.74, 6) is -0.785. The van der Waals surface area contributed by atoms with Gasteiger partial charge in [-0.3, -0.25) is 4.79 Å². The summed E-state index contributed by atoms with van der Waals surface area (Å²) in [6.45, 7) is -0.203. The third-order valence-electron chi connectivity index (χ3n) is 1.88. The van der Waals surface area contributed by atoms with Gasteiger partial charge in [0, 0.05) is 7.05 Å². The van der Waals surface area contributed by atoms with Crippen LogP contribution in [0.4, 0.5) is 0 Å². The minimum absolute atomic E-state index is 0.203. The van der Waals surface area contributed by atoms with Crippen molar-refractivity contribution in [3.63, 3.8) is 0 Å². The molecule has 0 aromatic heterocycles. The average molecular weight is 178 g/mol. The molecule has 3 nitrogen and oxygen atoms in total. The zero-order chi connectivity index (χ0) is 9.68. The standard InChI is InChI=1S/C10H12NO2/c1-11-10(13)9(7-12)8-5-3-2-4-6-8/h2-6,9,12H,1,7H2,(H,11,13). The Morgan fingerprint density at radius 1 is 1.46 bits per heavy atom. The molecule has 2 N–H and O–H groups in total. The highest BCUT2D eigenvalue weighted by Crippen LogP contribution is 2.14. The second-order valence-electron chi connectivity index (χ2n) is 2.69. The van der Waals surface area contributed by atoms with E-state index in [0.717, 1.165) is 5.56 Å². The largest absolute Gasteiger partial charge is 0.395 e. The molecule has 1 atom stereocenters. The molecule has 1 amide bonds. The van der Waals surface area contributed by atoms with E-state index in [1.807, 2.05) is 18.2 Å². The fourth-order valence-corrected chi connectivity index (χ4v) is 1.15. The van der Waals surface area contributed by atoms with Crippen molar-refractivity contribution in [3.05, 3.63) is 42.9 Å². The van der Waals surface area contributed by atoms with E-state index in [-0.39, 0.29) is 12.5 Å². The first-order valence-electron chi connectivity index (χ1n) is 4.02. The Bertz CT molecular complexity index is 272. The van der Waals surface area contributed by atoms with Crippen molar-refractivity contribution >= 4 is 5.91 Å². The molecular weight excluding hydrogens is 166 g/mol. The lowest BCUT2D eigenvalue weighted by Gasteiger charge is -2.11. The van der Waals surface area contributed by atoms with Gasteiger partial charge in [-0.05, 0) is 5.56 Å². The van der Waals surface area contributed by atoms with E-state index in [9.17, 15) is 4.79 Å². The maximum atomic E-state index is 11.2. The van der Waals surface area contributed by atoms with Crippen LogP contribution in [0.15, 0.2) is 30.3 Å². The van der Waals surface area contributed by atoms with E-state index >= 15 is 0 Å². The van der Waals surface area contributed by atoms with Crippen molar-refractivity contribution in [2.75, 3.05) is 6.61 Å². The SMILES string of the molecule is [CH2]NC(=O)C(CO)c1ccccc1. The van der Waals surface area contributed by atoms with Gasteiger partial charge in [-0.25, -0.2) is 0 Å². The molecule has 0 aliphatic heterocycles. The van der Waals surface area contributed by atoms with Gasteiger partial charge in [0.25, 0.3) is 0 Å². The Kier molecular flexibility index (Phi) is 3.46. The maximum Gasteiger partial charge on any atom is 0.229 e. The Morgan fingerprint density at radius 3 is 2.54 bits per heavy atom. The predicted molar refractivity (Wildman–Crippen MR) is 49.8 cm³/mol. The molecule has 1 radical (unpaired) electrons. The summed E-state index contributed by atoms with van der Waals surface area (Å²) in [6, 6.07) is 9.12. The number of nitrogens with one attached hydrogen (secondary N) is 1. The monoisotopic (exact) mass is 178 g/mol. The first kappa shape index (κ1) is 9.74. The van der Waals surface area contributed by atoms with Gasteiger partial charge in [-0.1, -0.05) is 30.3 Å².